The van der Waals surface area contributed by atoms with Crippen LogP contribution in [0.5, 0.6) is 0 Å². The number of hydrogen-bond acceptors (Lipinski definition) is 3. The minimum absolute atomic E-state index is 0.610. The summed E-state index contributed by atoms with van der Waals surface area (Å²) >= 11 is 0. The Morgan fingerprint density at radius 1 is 1.47 bits per heavy atom. The van der Waals surface area contributed by atoms with E-state index >= 15 is 0 Å². The fourth-order valence-electron chi connectivity index (χ4n) is 2.18. The molecule has 0 unspecified atom stereocenters. The van der Waals surface area contributed by atoms with Crippen LogP contribution in [0.1, 0.15) is 32.1 Å². The van der Waals surface area contributed by atoms with Crippen LogP contribution < -0.4 is 11.1 Å². The highest BCUT2D eigenvalue weighted by Gasteiger charge is 2.13. The fraction of sp³-hybridized carbons (Fsp3) is 0.727. The van der Waals surface area contributed by atoms with Gasteiger partial charge in [0.15, 0.2) is 0 Å². The van der Waals surface area contributed by atoms with Crippen LogP contribution >= 0.6 is 0 Å². The Balaban J connectivity index is 1.58. The molecule has 3 N–H and O–H groups in total. The van der Waals surface area contributed by atoms with Gasteiger partial charge in [-0.3, -0.25) is 4.68 Å². The van der Waals surface area contributed by atoms with E-state index in [-0.39, 0.29) is 0 Å². The van der Waals surface area contributed by atoms with Crippen LogP contribution in [0.2, 0.25) is 0 Å². The third-order valence-corrected chi connectivity index (χ3v) is 3.01. The van der Waals surface area contributed by atoms with Gasteiger partial charge >= 0.3 is 0 Å². The summed E-state index contributed by atoms with van der Waals surface area (Å²) in [5.74, 6) is 0.610. The van der Waals surface area contributed by atoms with Crippen LogP contribution in [0.3, 0.4) is 0 Å². The Labute approximate surface area is 90.8 Å². The van der Waals surface area contributed by atoms with Crippen molar-refractivity contribution in [3.8, 4) is 0 Å². The maximum Gasteiger partial charge on any atom is 0.145 e. The number of aryl methyl sites for hydroxylation is 1. The van der Waals surface area contributed by atoms with E-state index in [1.165, 1.54) is 25.7 Å². The molecule has 1 fully saturated rings. The molecule has 0 bridgehead atoms. The zero-order chi connectivity index (χ0) is 10.5. The molecule has 2 rings (SSSR count). The topological polar surface area (TPSA) is 55.9 Å². The highest BCUT2D eigenvalue weighted by atomic mass is 15.3. The number of anilines is 1. The van der Waals surface area contributed by atoms with Gasteiger partial charge in [-0.25, -0.2) is 0 Å². The quantitative estimate of drug-likeness (QED) is 0.719. The molecule has 15 heavy (non-hydrogen) atoms. The van der Waals surface area contributed by atoms with E-state index in [1.807, 2.05) is 16.9 Å². The molecule has 4 nitrogen and oxygen atoms in total. The van der Waals surface area contributed by atoms with Crippen LogP contribution in [0.15, 0.2) is 12.3 Å². The SMILES string of the molecule is Nc1ccn(CCCNC2CCCC2)n1. The molecule has 0 radical (unpaired) electrons. The maximum atomic E-state index is 5.53. The number of rotatable bonds is 5. The molecule has 4 heteroatoms. The largest absolute Gasteiger partial charge is 0.382 e. The van der Waals surface area contributed by atoms with Crippen molar-refractivity contribution in [2.75, 3.05) is 12.3 Å². The Bertz CT molecular complexity index is 289. The number of nitrogens with one attached hydrogen (secondary N) is 1. The molecule has 1 saturated carbocycles. The monoisotopic (exact) mass is 208 g/mol. The summed E-state index contributed by atoms with van der Waals surface area (Å²) in [4.78, 5) is 0. The van der Waals surface area contributed by atoms with Gasteiger partial charge in [0.2, 0.25) is 0 Å². The Hall–Kier alpha value is -1.03. The first-order valence-corrected chi connectivity index (χ1v) is 5.87. The van der Waals surface area contributed by atoms with Crippen molar-refractivity contribution in [2.45, 2.75) is 44.7 Å². The van der Waals surface area contributed by atoms with Gasteiger partial charge in [-0.1, -0.05) is 12.8 Å². The lowest BCUT2D eigenvalue weighted by atomic mass is 10.2. The van der Waals surface area contributed by atoms with Gasteiger partial charge < -0.3 is 11.1 Å². The molecule has 1 aliphatic rings. The van der Waals surface area contributed by atoms with E-state index < -0.39 is 0 Å². The lowest BCUT2D eigenvalue weighted by Crippen LogP contribution is -2.27. The maximum absolute atomic E-state index is 5.53. The van der Waals surface area contributed by atoms with Crippen LogP contribution in [-0.4, -0.2) is 22.4 Å². The first-order valence-electron chi connectivity index (χ1n) is 5.87. The molecular weight excluding hydrogens is 188 g/mol. The minimum atomic E-state index is 0.610. The molecule has 1 heterocycles. The van der Waals surface area contributed by atoms with Crippen LogP contribution in [0, 0.1) is 0 Å². The Morgan fingerprint density at radius 2 is 2.27 bits per heavy atom. The fourth-order valence-corrected chi connectivity index (χ4v) is 2.18. The molecule has 0 aromatic carbocycles. The van der Waals surface area contributed by atoms with Crippen LogP contribution in [0.25, 0.3) is 0 Å². The summed E-state index contributed by atoms with van der Waals surface area (Å²) in [6.45, 7) is 2.04. The standard InChI is InChI=1S/C11H20N4/c12-11-6-9-15(14-11)8-3-7-13-10-4-1-2-5-10/h6,9-10,13H,1-5,7-8H2,(H2,12,14). The first kappa shape index (κ1) is 10.5. The predicted molar refractivity (Wildman–Crippen MR) is 61.5 cm³/mol. The lowest BCUT2D eigenvalue weighted by molar-refractivity contribution is 0.483. The number of nitrogens with zero attached hydrogens (tertiary/aromatic N) is 2. The summed E-state index contributed by atoms with van der Waals surface area (Å²) in [6, 6.07) is 2.61. The average Bonchev–Trinajstić information content (AvgIpc) is 2.84. The van der Waals surface area contributed by atoms with E-state index in [4.69, 9.17) is 5.73 Å². The van der Waals surface area contributed by atoms with E-state index in [2.05, 4.69) is 10.4 Å². The first-order chi connectivity index (χ1) is 7.34. The number of nitrogen functional groups attached to an aromatic ring is 1. The molecule has 0 aliphatic heterocycles. The van der Waals surface area contributed by atoms with E-state index in [9.17, 15) is 0 Å². The van der Waals surface area contributed by atoms with Gasteiger partial charge in [0.05, 0.1) is 0 Å². The van der Waals surface area contributed by atoms with Gasteiger partial charge in [0, 0.05) is 18.8 Å². The van der Waals surface area contributed by atoms with Crippen molar-refractivity contribution in [1.82, 2.24) is 15.1 Å². The second kappa shape index (κ2) is 5.16. The van der Waals surface area contributed by atoms with Crippen molar-refractivity contribution in [3.63, 3.8) is 0 Å². The zero-order valence-electron chi connectivity index (χ0n) is 9.15. The van der Waals surface area contributed by atoms with Gasteiger partial charge in [0.25, 0.3) is 0 Å². The third kappa shape index (κ3) is 3.23. The average molecular weight is 208 g/mol. The second-order valence-corrected chi connectivity index (χ2v) is 4.29. The molecule has 0 amide bonds. The van der Waals surface area contributed by atoms with Gasteiger partial charge in [-0.2, -0.15) is 5.10 Å². The highest BCUT2D eigenvalue weighted by Crippen LogP contribution is 2.17. The third-order valence-electron chi connectivity index (χ3n) is 3.01. The summed E-state index contributed by atoms with van der Waals surface area (Å²) in [5.41, 5.74) is 5.53. The van der Waals surface area contributed by atoms with Crippen LogP contribution in [0.4, 0.5) is 5.82 Å². The molecule has 1 aliphatic carbocycles. The van der Waals surface area contributed by atoms with E-state index in [0.29, 0.717) is 5.82 Å². The summed E-state index contributed by atoms with van der Waals surface area (Å²) in [6.07, 6.45) is 8.56. The molecule has 0 spiro atoms. The van der Waals surface area contributed by atoms with E-state index in [1.54, 1.807) is 0 Å². The minimum Gasteiger partial charge on any atom is -0.382 e. The highest BCUT2D eigenvalue weighted by molar-refractivity contribution is 5.23. The van der Waals surface area contributed by atoms with Crippen molar-refractivity contribution in [1.29, 1.82) is 0 Å². The predicted octanol–water partition coefficient (Wildman–Crippen LogP) is 1.39. The van der Waals surface area contributed by atoms with Gasteiger partial charge in [-0.05, 0) is 31.9 Å². The summed E-state index contributed by atoms with van der Waals surface area (Å²) in [7, 11) is 0. The smallest absolute Gasteiger partial charge is 0.145 e. The normalized spacial score (nSPS) is 17.3. The van der Waals surface area contributed by atoms with Crippen LogP contribution in [-0.2, 0) is 6.54 Å². The summed E-state index contributed by atoms with van der Waals surface area (Å²) < 4.78 is 1.91. The molecule has 1 aromatic heterocycles. The van der Waals surface area contributed by atoms with Crippen molar-refractivity contribution < 1.29 is 0 Å². The van der Waals surface area contributed by atoms with Crippen molar-refractivity contribution in [2.24, 2.45) is 0 Å². The van der Waals surface area contributed by atoms with Gasteiger partial charge in [-0.15, -0.1) is 0 Å². The Kier molecular flexibility index (Phi) is 3.61. The number of hydrogen-bond donors (Lipinski definition) is 2. The molecule has 1 aromatic rings. The summed E-state index contributed by atoms with van der Waals surface area (Å²) in [5, 5.41) is 7.73. The Morgan fingerprint density at radius 3 is 2.93 bits per heavy atom. The molecule has 0 saturated heterocycles. The number of nitrogens with two attached hydrogens (primary N) is 1. The number of aromatic nitrogens is 2. The lowest BCUT2D eigenvalue weighted by Gasteiger charge is -2.11. The second-order valence-electron chi connectivity index (χ2n) is 4.29. The van der Waals surface area contributed by atoms with Gasteiger partial charge in [0.1, 0.15) is 5.82 Å². The van der Waals surface area contributed by atoms with E-state index in [0.717, 1.165) is 25.6 Å². The zero-order valence-corrected chi connectivity index (χ0v) is 9.15. The van der Waals surface area contributed by atoms with Crippen molar-refractivity contribution in [3.05, 3.63) is 12.3 Å². The molecule has 0 atom stereocenters. The molecule has 84 valence electrons. The van der Waals surface area contributed by atoms with Crippen molar-refractivity contribution >= 4 is 5.82 Å². The molecular formula is C11H20N4.